The van der Waals surface area contributed by atoms with Gasteiger partial charge in [0, 0.05) is 12.0 Å². The number of rotatable bonds is 3. The van der Waals surface area contributed by atoms with Crippen LogP contribution in [0.5, 0.6) is 0 Å². The molecule has 0 aromatic rings. The minimum absolute atomic E-state index is 0.0597. The van der Waals surface area contributed by atoms with Crippen molar-refractivity contribution in [3.8, 4) is 0 Å². The Bertz CT molecular complexity index is 225. The lowest BCUT2D eigenvalue weighted by Crippen LogP contribution is -2.58. The Kier molecular flexibility index (Phi) is 3.09. The molecular formula is C13H25NO. The predicted molar refractivity (Wildman–Crippen MR) is 62.5 cm³/mol. The third-order valence-electron chi connectivity index (χ3n) is 5.08. The van der Waals surface area contributed by atoms with Crippen molar-refractivity contribution in [2.75, 3.05) is 6.54 Å². The van der Waals surface area contributed by atoms with E-state index in [2.05, 4.69) is 6.92 Å². The number of aliphatic hydroxyl groups is 1. The molecule has 0 saturated heterocycles. The van der Waals surface area contributed by atoms with Crippen LogP contribution in [-0.4, -0.2) is 17.3 Å². The summed E-state index contributed by atoms with van der Waals surface area (Å²) >= 11 is 0. The van der Waals surface area contributed by atoms with Crippen LogP contribution in [0.2, 0.25) is 0 Å². The van der Waals surface area contributed by atoms with Crippen molar-refractivity contribution in [1.82, 2.24) is 0 Å². The van der Waals surface area contributed by atoms with Crippen molar-refractivity contribution in [3.63, 3.8) is 0 Å². The first-order valence-electron chi connectivity index (χ1n) is 6.58. The first-order valence-corrected chi connectivity index (χ1v) is 6.58. The molecule has 0 radical (unpaired) electrons. The van der Waals surface area contributed by atoms with Crippen LogP contribution < -0.4 is 5.73 Å². The van der Waals surface area contributed by atoms with Gasteiger partial charge in [0.2, 0.25) is 0 Å². The highest BCUT2D eigenvalue weighted by molar-refractivity contribution is 5.06. The minimum Gasteiger partial charge on any atom is -0.389 e. The summed E-state index contributed by atoms with van der Waals surface area (Å²) in [5, 5.41) is 10.6. The van der Waals surface area contributed by atoms with Crippen molar-refractivity contribution < 1.29 is 5.11 Å². The van der Waals surface area contributed by atoms with E-state index in [4.69, 9.17) is 5.73 Å². The summed E-state index contributed by atoms with van der Waals surface area (Å²) in [4.78, 5) is 0. The second-order valence-electron chi connectivity index (χ2n) is 5.74. The molecule has 2 heteroatoms. The molecule has 0 aliphatic heterocycles. The number of hydrogen-bond donors (Lipinski definition) is 2. The smallest absolute Gasteiger partial charge is 0.0715 e. The molecular weight excluding hydrogens is 186 g/mol. The maximum atomic E-state index is 10.6. The fourth-order valence-electron chi connectivity index (χ4n) is 3.67. The Morgan fingerprint density at radius 2 is 2.00 bits per heavy atom. The molecule has 0 bridgehead atoms. The molecule has 0 spiro atoms. The topological polar surface area (TPSA) is 46.2 Å². The molecule has 2 aliphatic rings. The van der Waals surface area contributed by atoms with Crippen LogP contribution in [0.1, 0.15) is 58.3 Å². The molecule has 2 saturated carbocycles. The summed E-state index contributed by atoms with van der Waals surface area (Å²) in [7, 11) is 0. The van der Waals surface area contributed by atoms with E-state index in [9.17, 15) is 5.11 Å². The Balaban J connectivity index is 2.13. The highest BCUT2D eigenvalue weighted by Gasteiger charge is 2.53. The fraction of sp³-hybridized carbons (Fsp3) is 1.00. The summed E-state index contributed by atoms with van der Waals surface area (Å²) in [6.07, 6.45) is 9.33. The molecule has 88 valence electrons. The van der Waals surface area contributed by atoms with Crippen LogP contribution in [0, 0.1) is 11.3 Å². The van der Waals surface area contributed by atoms with Crippen LogP contribution in [-0.2, 0) is 0 Å². The van der Waals surface area contributed by atoms with Gasteiger partial charge in [0.15, 0.2) is 0 Å². The maximum absolute atomic E-state index is 10.6. The van der Waals surface area contributed by atoms with E-state index in [1.54, 1.807) is 0 Å². The fourth-order valence-corrected chi connectivity index (χ4v) is 3.67. The molecule has 2 unspecified atom stereocenters. The lowest BCUT2D eigenvalue weighted by molar-refractivity contribution is -0.157. The molecule has 2 atom stereocenters. The quantitative estimate of drug-likeness (QED) is 0.753. The van der Waals surface area contributed by atoms with Gasteiger partial charge < -0.3 is 10.8 Å². The molecule has 15 heavy (non-hydrogen) atoms. The maximum Gasteiger partial charge on any atom is 0.0715 e. The van der Waals surface area contributed by atoms with Gasteiger partial charge in [-0.1, -0.05) is 26.2 Å². The van der Waals surface area contributed by atoms with Gasteiger partial charge >= 0.3 is 0 Å². The molecule has 0 heterocycles. The number of nitrogens with two attached hydrogens (primary N) is 1. The first kappa shape index (κ1) is 11.4. The van der Waals surface area contributed by atoms with Crippen molar-refractivity contribution in [3.05, 3.63) is 0 Å². The second kappa shape index (κ2) is 4.06. The number of hydrogen-bond acceptors (Lipinski definition) is 2. The van der Waals surface area contributed by atoms with E-state index < -0.39 is 5.60 Å². The zero-order valence-corrected chi connectivity index (χ0v) is 9.97. The molecule has 0 aromatic heterocycles. The van der Waals surface area contributed by atoms with Crippen molar-refractivity contribution in [2.24, 2.45) is 17.1 Å². The van der Waals surface area contributed by atoms with E-state index in [1.165, 1.54) is 25.7 Å². The van der Waals surface area contributed by atoms with Gasteiger partial charge in [-0.05, 0) is 38.0 Å². The highest BCUT2D eigenvalue weighted by atomic mass is 16.3. The van der Waals surface area contributed by atoms with Gasteiger partial charge in [-0.3, -0.25) is 0 Å². The van der Waals surface area contributed by atoms with Gasteiger partial charge in [-0.15, -0.1) is 0 Å². The lowest BCUT2D eigenvalue weighted by Gasteiger charge is -2.55. The van der Waals surface area contributed by atoms with Gasteiger partial charge in [0.1, 0.15) is 0 Å². The average molecular weight is 211 g/mol. The van der Waals surface area contributed by atoms with E-state index in [-0.39, 0.29) is 5.41 Å². The summed E-state index contributed by atoms with van der Waals surface area (Å²) in [5.74, 6) is 0.798. The molecule has 2 aliphatic carbocycles. The largest absolute Gasteiger partial charge is 0.389 e. The Morgan fingerprint density at radius 3 is 2.47 bits per heavy atom. The Hall–Kier alpha value is -0.0800. The third-order valence-corrected chi connectivity index (χ3v) is 5.08. The predicted octanol–water partition coefficient (Wildman–Crippen LogP) is 2.45. The minimum atomic E-state index is -0.407. The van der Waals surface area contributed by atoms with E-state index in [1.807, 2.05) is 0 Å². The monoisotopic (exact) mass is 211 g/mol. The Labute approximate surface area is 93.2 Å². The van der Waals surface area contributed by atoms with Crippen molar-refractivity contribution in [1.29, 1.82) is 0 Å². The third kappa shape index (κ3) is 1.72. The summed E-state index contributed by atoms with van der Waals surface area (Å²) in [5.41, 5.74) is 5.64. The lowest BCUT2D eigenvalue weighted by atomic mass is 9.54. The Morgan fingerprint density at radius 1 is 1.27 bits per heavy atom. The van der Waals surface area contributed by atoms with Crippen molar-refractivity contribution >= 4 is 0 Å². The average Bonchev–Trinajstić information content (AvgIpc) is 2.25. The van der Waals surface area contributed by atoms with Gasteiger partial charge in [0.25, 0.3) is 0 Å². The van der Waals surface area contributed by atoms with Crippen LogP contribution in [0.4, 0.5) is 0 Å². The molecule has 0 amide bonds. The molecule has 2 nitrogen and oxygen atoms in total. The van der Waals surface area contributed by atoms with Crippen LogP contribution in [0.15, 0.2) is 0 Å². The van der Waals surface area contributed by atoms with Crippen LogP contribution in [0.25, 0.3) is 0 Å². The molecule has 2 fully saturated rings. The van der Waals surface area contributed by atoms with Crippen LogP contribution in [0.3, 0.4) is 0 Å². The molecule has 2 rings (SSSR count). The molecule has 0 aromatic carbocycles. The van der Waals surface area contributed by atoms with Crippen molar-refractivity contribution in [2.45, 2.75) is 63.9 Å². The van der Waals surface area contributed by atoms with E-state index in [0.717, 1.165) is 31.6 Å². The SMILES string of the molecule is CCC1CCCC(CN)(C2(O)CCC2)C1. The summed E-state index contributed by atoms with van der Waals surface area (Å²) in [6.45, 7) is 2.95. The normalized spacial score (nSPS) is 39.8. The zero-order valence-electron chi connectivity index (χ0n) is 9.97. The van der Waals surface area contributed by atoms with Gasteiger partial charge in [0.05, 0.1) is 5.60 Å². The van der Waals surface area contributed by atoms with Gasteiger partial charge in [-0.25, -0.2) is 0 Å². The highest BCUT2D eigenvalue weighted by Crippen LogP contribution is 2.54. The van der Waals surface area contributed by atoms with E-state index in [0.29, 0.717) is 6.54 Å². The van der Waals surface area contributed by atoms with E-state index >= 15 is 0 Å². The van der Waals surface area contributed by atoms with Crippen LogP contribution >= 0.6 is 0 Å². The summed E-state index contributed by atoms with van der Waals surface area (Å²) in [6, 6.07) is 0. The zero-order chi connectivity index (χ0) is 10.9. The summed E-state index contributed by atoms with van der Waals surface area (Å²) < 4.78 is 0. The standard InChI is InChI=1S/C13H25NO/c1-2-11-5-3-6-12(9-11,10-14)13(15)7-4-8-13/h11,15H,2-10,14H2,1H3. The first-order chi connectivity index (χ1) is 7.16. The second-order valence-corrected chi connectivity index (χ2v) is 5.74. The molecule has 3 N–H and O–H groups in total. The van der Waals surface area contributed by atoms with Gasteiger partial charge in [-0.2, -0.15) is 0 Å².